The maximum atomic E-state index is 14.7. The molecular weight excluding hydrogens is 614 g/mol. The van der Waals surface area contributed by atoms with Crippen LogP contribution >= 0.6 is 0 Å². The number of ether oxygens (including phenoxy) is 1. The van der Waals surface area contributed by atoms with E-state index in [1.807, 2.05) is 126 Å². The highest BCUT2D eigenvalue weighted by molar-refractivity contribution is 6.99. The second-order valence-corrected chi connectivity index (χ2v) is 12.5. The largest absolute Gasteiger partial charge is 0.458 e. The number of halogens is 3. The van der Waals surface area contributed by atoms with E-state index < -0.39 is 11.7 Å². The molecule has 9 rings (SSSR count). The lowest BCUT2D eigenvalue weighted by Gasteiger charge is -2.40. The van der Waals surface area contributed by atoms with E-state index in [9.17, 15) is 13.2 Å². The molecule has 0 fully saturated rings. The molecule has 2 heterocycles. The first-order valence-corrected chi connectivity index (χ1v) is 16.2. The molecule has 0 atom stereocenters. The summed E-state index contributed by atoms with van der Waals surface area (Å²) in [7, 11) is 0. The van der Waals surface area contributed by atoms with Gasteiger partial charge >= 0.3 is 6.18 Å². The second kappa shape index (κ2) is 11.3. The van der Waals surface area contributed by atoms with Gasteiger partial charge in [-0.1, -0.05) is 127 Å². The Morgan fingerprint density at radius 2 is 1.00 bits per heavy atom. The second-order valence-electron chi connectivity index (χ2n) is 12.5. The fraction of sp³-hybridized carbons (Fsp3) is 0.0233. The van der Waals surface area contributed by atoms with Crippen LogP contribution in [0.25, 0.3) is 33.4 Å². The van der Waals surface area contributed by atoms with Gasteiger partial charge in [0.1, 0.15) is 11.5 Å². The molecule has 0 aromatic heterocycles. The van der Waals surface area contributed by atoms with Crippen molar-refractivity contribution in [1.82, 2.24) is 0 Å². The monoisotopic (exact) mass is 641 g/mol. The van der Waals surface area contributed by atoms with Crippen LogP contribution in [0.2, 0.25) is 0 Å². The van der Waals surface area contributed by atoms with E-state index in [1.54, 1.807) is 0 Å². The van der Waals surface area contributed by atoms with Gasteiger partial charge < -0.3 is 9.64 Å². The summed E-state index contributed by atoms with van der Waals surface area (Å²) in [6.45, 7) is -0.339. The lowest BCUT2D eigenvalue weighted by Crippen LogP contribution is -2.59. The molecule has 6 heteroatoms. The molecule has 2 aliphatic rings. The summed E-state index contributed by atoms with van der Waals surface area (Å²) < 4.78 is 50.6. The van der Waals surface area contributed by atoms with Crippen LogP contribution in [0.3, 0.4) is 0 Å². The summed E-state index contributed by atoms with van der Waals surface area (Å²) in [6, 6.07) is 52.8. The van der Waals surface area contributed by atoms with Crippen LogP contribution in [0, 0.1) is 0 Å². The number of rotatable bonds is 4. The van der Waals surface area contributed by atoms with Crippen molar-refractivity contribution in [2.45, 2.75) is 6.18 Å². The van der Waals surface area contributed by atoms with Crippen LogP contribution in [0.1, 0.15) is 5.56 Å². The number of anilines is 3. The average Bonchev–Trinajstić information content (AvgIpc) is 3.15. The molecule has 49 heavy (non-hydrogen) atoms. The van der Waals surface area contributed by atoms with Gasteiger partial charge in [-0.25, -0.2) is 0 Å². The number of hydrogen-bond acceptors (Lipinski definition) is 2. The van der Waals surface area contributed by atoms with Gasteiger partial charge in [0, 0.05) is 17.1 Å². The molecule has 0 unspecified atom stereocenters. The summed E-state index contributed by atoms with van der Waals surface area (Å²) in [5.74, 6) is 0.774. The molecule has 7 aromatic carbocycles. The van der Waals surface area contributed by atoms with Gasteiger partial charge in [0.2, 0.25) is 0 Å². The lowest BCUT2D eigenvalue weighted by atomic mass is 9.34. The molecule has 0 bridgehead atoms. The third-order valence-corrected chi connectivity index (χ3v) is 9.53. The van der Waals surface area contributed by atoms with Crippen molar-refractivity contribution < 1.29 is 17.9 Å². The highest BCUT2D eigenvalue weighted by Gasteiger charge is 2.44. The molecule has 0 aliphatic carbocycles. The van der Waals surface area contributed by atoms with Crippen LogP contribution in [-0.4, -0.2) is 6.71 Å². The van der Waals surface area contributed by atoms with Gasteiger partial charge in [-0.3, -0.25) is 0 Å². The number of hydrogen-bond donors (Lipinski definition) is 0. The Kier molecular flexibility index (Phi) is 6.73. The summed E-state index contributed by atoms with van der Waals surface area (Å²) in [5.41, 5.74) is 9.86. The minimum absolute atomic E-state index is 0.217. The van der Waals surface area contributed by atoms with Crippen molar-refractivity contribution in [1.29, 1.82) is 0 Å². The Morgan fingerprint density at radius 1 is 0.449 bits per heavy atom. The van der Waals surface area contributed by atoms with Crippen LogP contribution in [0.5, 0.6) is 11.5 Å². The molecule has 0 saturated heterocycles. The number of benzene rings is 7. The minimum Gasteiger partial charge on any atom is -0.458 e. The molecular formula is C43H27BF3NO. The first-order valence-electron chi connectivity index (χ1n) is 16.2. The number of nitrogens with zero attached hydrogens (tertiary/aromatic N) is 1. The van der Waals surface area contributed by atoms with Crippen LogP contribution in [-0.2, 0) is 6.18 Å². The Hall–Kier alpha value is -6.01. The van der Waals surface area contributed by atoms with E-state index in [0.29, 0.717) is 11.4 Å². The van der Waals surface area contributed by atoms with E-state index in [4.69, 9.17) is 4.74 Å². The minimum atomic E-state index is -4.58. The van der Waals surface area contributed by atoms with Gasteiger partial charge in [0.25, 0.3) is 6.71 Å². The fourth-order valence-electron chi connectivity index (χ4n) is 7.26. The van der Waals surface area contributed by atoms with E-state index in [2.05, 4.69) is 30.3 Å². The standard InChI is InChI=1S/C43H27BF3NO/c45-43(46,47)34-26-39-42-41(27-34)49-40-25-33(30-15-8-3-9-16-30)20-22-37(40)44(42)36-21-19-32(29-13-6-2-7-14-29)24-38(36)48(39)35-18-10-17-31(23-35)28-11-4-1-5-12-28/h1-27H. The van der Waals surface area contributed by atoms with E-state index in [0.717, 1.165) is 67.2 Å². The molecule has 2 aliphatic heterocycles. The summed E-state index contributed by atoms with van der Waals surface area (Å²) >= 11 is 0. The Labute approximate surface area is 282 Å². The topological polar surface area (TPSA) is 12.5 Å². The molecule has 0 amide bonds. The molecule has 0 saturated carbocycles. The predicted octanol–water partition coefficient (Wildman–Crippen LogP) is 10.1. The summed E-state index contributed by atoms with van der Waals surface area (Å²) in [6.07, 6.45) is -4.58. The molecule has 7 aromatic rings. The third-order valence-electron chi connectivity index (χ3n) is 9.53. The van der Waals surface area contributed by atoms with Crippen molar-refractivity contribution in [3.63, 3.8) is 0 Å². The van der Waals surface area contributed by atoms with E-state index in [-0.39, 0.29) is 12.5 Å². The van der Waals surface area contributed by atoms with Gasteiger partial charge in [-0.2, -0.15) is 13.2 Å². The zero-order valence-electron chi connectivity index (χ0n) is 26.2. The molecule has 0 radical (unpaired) electrons. The van der Waals surface area contributed by atoms with Crippen LogP contribution in [0.15, 0.2) is 164 Å². The molecule has 0 spiro atoms. The highest BCUT2D eigenvalue weighted by atomic mass is 19.4. The van der Waals surface area contributed by atoms with Gasteiger partial charge in [-0.05, 0) is 86.2 Å². The summed E-state index contributed by atoms with van der Waals surface area (Å²) in [4.78, 5) is 1.98. The Morgan fingerprint density at radius 3 is 1.61 bits per heavy atom. The van der Waals surface area contributed by atoms with Crippen LogP contribution < -0.4 is 26.0 Å². The van der Waals surface area contributed by atoms with Gasteiger partial charge in [0.05, 0.1) is 5.56 Å². The van der Waals surface area contributed by atoms with Crippen molar-refractivity contribution in [3.05, 3.63) is 169 Å². The van der Waals surface area contributed by atoms with Crippen molar-refractivity contribution in [3.8, 4) is 44.9 Å². The Balaban J connectivity index is 1.32. The molecule has 234 valence electrons. The quantitative estimate of drug-likeness (QED) is 0.177. The first kappa shape index (κ1) is 29.2. The molecule has 0 N–H and O–H groups in total. The normalized spacial score (nSPS) is 12.9. The van der Waals surface area contributed by atoms with Crippen molar-refractivity contribution in [2.75, 3.05) is 4.90 Å². The third kappa shape index (κ3) is 4.99. The van der Waals surface area contributed by atoms with Gasteiger partial charge in [0.15, 0.2) is 0 Å². The Bertz CT molecular complexity index is 2360. The van der Waals surface area contributed by atoms with E-state index in [1.165, 1.54) is 6.07 Å². The number of alkyl halides is 3. The number of fused-ring (bicyclic) bond motifs is 4. The summed E-state index contributed by atoms with van der Waals surface area (Å²) in [5, 5.41) is 0. The maximum absolute atomic E-state index is 14.7. The maximum Gasteiger partial charge on any atom is 0.416 e. The van der Waals surface area contributed by atoms with Gasteiger partial charge in [-0.15, -0.1) is 0 Å². The van der Waals surface area contributed by atoms with Crippen molar-refractivity contribution in [2.24, 2.45) is 0 Å². The lowest BCUT2D eigenvalue weighted by molar-refractivity contribution is -0.137. The first-order chi connectivity index (χ1) is 23.9. The SMILES string of the molecule is FC(F)(F)c1cc2c3c(c1)N(c1cccc(-c4ccccc4)c1)c1cc(-c4ccccc4)ccc1B3c1ccc(-c3ccccc3)cc1O2. The average molecular weight is 642 g/mol. The zero-order chi connectivity index (χ0) is 33.1. The van der Waals surface area contributed by atoms with Crippen molar-refractivity contribution >= 4 is 40.2 Å². The zero-order valence-corrected chi connectivity index (χ0v) is 26.2. The van der Waals surface area contributed by atoms with E-state index >= 15 is 0 Å². The predicted molar refractivity (Wildman–Crippen MR) is 194 cm³/mol. The fourth-order valence-corrected chi connectivity index (χ4v) is 7.26. The van der Waals surface area contributed by atoms with Crippen LogP contribution in [0.4, 0.5) is 30.2 Å². The smallest absolute Gasteiger partial charge is 0.416 e. The molecule has 2 nitrogen and oxygen atoms in total. The highest BCUT2D eigenvalue weighted by Crippen LogP contribution is 2.45.